The highest BCUT2D eigenvalue weighted by atomic mass is 16.7. The van der Waals surface area contributed by atoms with Gasteiger partial charge in [0, 0.05) is 35.5 Å². The molecule has 0 aliphatic carbocycles. The maximum atomic E-state index is 13.9. The Bertz CT molecular complexity index is 2170. The number of pyridine rings is 2. The monoisotopic (exact) mass is 803 g/mol. The predicted molar refractivity (Wildman–Crippen MR) is 211 cm³/mol. The van der Waals surface area contributed by atoms with Gasteiger partial charge >= 0.3 is 5.97 Å². The number of aromatic nitrogens is 2. The number of rotatable bonds is 18. The van der Waals surface area contributed by atoms with Gasteiger partial charge in [0.25, 0.3) is 5.56 Å². The fourth-order valence-corrected chi connectivity index (χ4v) is 7.63. The van der Waals surface area contributed by atoms with Crippen molar-refractivity contribution in [3.8, 4) is 22.9 Å². The van der Waals surface area contributed by atoms with Gasteiger partial charge < -0.3 is 50.9 Å². The van der Waals surface area contributed by atoms with Gasteiger partial charge in [-0.3, -0.25) is 24.0 Å². The molecule has 3 atom stereocenters. The highest BCUT2D eigenvalue weighted by Gasteiger charge is 2.45. The quantitative estimate of drug-likeness (QED) is 0.0624. The van der Waals surface area contributed by atoms with Crippen LogP contribution >= 0.6 is 0 Å². The number of nitrogens with one attached hydrogen (secondary N) is 4. The van der Waals surface area contributed by atoms with Crippen LogP contribution in [0.3, 0.4) is 0 Å². The number of esters is 1. The molecule has 1 aromatic carbocycles. The molecule has 0 saturated carbocycles. The number of carbonyl (C=O) groups is 5. The van der Waals surface area contributed by atoms with E-state index in [1.165, 1.54) is 4.57 Å². The number of hydrogen-bond acceptors (Lipinski definition) is 12. The summed E-state index contributed by atoms with van der Waals surface area (Å²) < 4.78 is 18.0. The van der Waals surface area contributed by atoms with Crippen molar-refractivity contribution >= 4 is 40.5 Å². The smallest absolute Gasteiger partial charge is 0.343 e. The van der Waals surface area contributed by atoms with Crippen molar-refractivity contribution in [3.05, 3.63) is 50.8 Å². The van der Waals surface area contributed by atoms with Crippen LogP contribution in [0.15, 0.2) is 23.0 Å². The minimum atomic E-state index is -2.00. The third-order valence-corrected chi connectivity index (χ3v) is 11.0. The second kappa shape index (κ2) is 17.9. The number of unbranched alkanes of at least 4 members (excludes halogenated alkanes) is 3. The van der Waals surface area contributed by atoms with Crippen molar-refractivity contribution in [1.29, 1.82) is 0 Å². The summed E-state index contributed by atoms with van der Waals surface area (Å²) in [5.41, 5.74) is 6.24. The Morgan fingerprint density at radius 2 is 1.69 bits per heavy atom. The largest absolute Gasteiger partial charge is 0.458 e. The van der Waals surface area contributed by atoms with E-state index in [0.29, 0.717) is 77.1 Å². The third kappa shape index (κ3) is 8.50. The molecular weight excluding hydrogens is 750 g/mol. The first-order valence-electron chi connectivity index (χ1n) is 20.1. The molecule has 1 unspecified atom stereocenters. The van der Waals surface area contributed by atoms with Gasteiger partial charge in [-0.1, -0.05) is 40.5 Å². The number of hydrogen-bond donors (Lipinski definition) is 6. The lowest BCUT2D eigenvalue weighted by Gasteiger charge is -2.31. The summed E-state index contributed by atoms with van der Waals surface area (Å²) in [4.78, 5) is 84.4. The summed E-state index contributed by atoms with van der Waals surface area (Å²) in [5.74, 6) is -1.91. The van der Waals surface area contributed by atoms with E-state index < -0.39 is 53.5 Å². The first-order valence-corrected chi connectivity index (χ1v) is 20.1. The SMILES string of the molecule is CCCCCC(=O)NC(C(=O)N[C@@H](CCCCN)C(=O)NCC(=O)NCc1c2c(nc3cc4c(cc13)OCO4)-c1cc3c(c(=O)n1C2)COC(=O)[C@]3(O)CC)C(C)C. The van der Waals surface area contributed by atoms with E-state index in [0.717, 1.165) is 12.8 Å². The molecule has 3 aliphatic heterocycles. The first-order chi connectivity index (χ1) is 27.8. The first kappa shape index (κ1) is 42.1. The molecule has 0 bridgehead atoms. The van der Waals surface area contributed by atoms with E-state index in [1.807, 2.05) is 20.8 Å². The summed E-state index contributed by atoms with van der Waals surface area (Å²) >= 11 is 0. The summed E-state index contributed by atoms with van der Waals surface area (Å²) in [7, 11) is 0. The number of nitrogens with two attached hydrogens (primary N) is 1. The van der Waals surface area contributed by atoms with Crippen LogP contribution in [0.25, 0.3) is 22.3 Å². The van der Waals surface area contributed by atoms with Gasteiger partial charge in [-0.2, -0.15) is 0 Å². The lowest BCUT2D eigenvalue weighted by atomic mass is 9.86. The van der Waals surface area contributed by atoms with Crippen LogP contribution in [0.4, 0.5) is 0 Å². The Balaban J connectivity index is 1.20. The zero-order valence-corrected chi connectivity index (χ0v) is 33.5. The Morgan fingerprint density at radius 3 is 2.40 bits per heavy atom. The number of fused-ring (bicyclic) bond motifs is 6. The molecule has 17 heteroatoms. The molecule has 5 heterocycles. The van der Waals surface area contributed by atoms with Crippen LogP contribution in [0.2, 0.25) is 0 Å². The topological polar surface area (TPSA) is 242 Å². The zero-order valence-electron chi connectivity index (χ0n) is 33.5. The van der Waals surface area contributed by atoms with Gasteiger partial charge in [-0.25, -0.2) is 9.78 Å². The molecule has 0 radical (unpaired) electrons. The van der Waals surface area contributed by atoms with Gasteiger partial charge in [0.2, 0.25) is 30.4 Å². The van der Waals surface area contributed by atoms with Gasteiger partial charge in [0.05, 0.1) is 35.6 Å². The van der Waals surface area contributed by atoms with Crippen LogP contribution in [0, 0.1) is 5.92 Å². The lowest BCUT2D eigenvalue weighted by molar-refractivity contribution is -0.172. The zero-order chi connectivity index (χ0) is 41.7. The Hall–Kier alpha value is -5.55. The molecule has 17 nitrogen and oxygen atoms in total. The number of aliphatic hydroxyl groups is 1. The molecule has 58 heavy (non-hydrogen) atoms. The van der Waals surface area contributed by atoms with Crippen LogP contribution in [-0.2, 0) is 54.0 Å². The van der Waals surface area contributed by atoms with Crippen molar-refractivity contribution in [2.45, 2.75) is 116 Å². The lowest BCUT2D eigenvalue weighted by Crippen LogP contribution is -2.56. The summed E-state index contributed by atoms with van der Waals surface area (Å²) in [6.07, 6.45) is 4.31. The van der Waals surface area contributed by atoms with Gasteiger partial charge in [-0.15, -0.1) is 0 Å². The molecule has 3 aromatic rings. The minimum Gasteiger partial charge on any atom is -0.458 e. The Labute approximate surface area is 335 Å². The summed E-state index contributed by atoms with van der Waals surface area (Å²) in [6.45, 7) is 7.11. The number of nitrogens with zero attached hydrogens (tertiary/aromatic N) is 2. The fraction of sp³-hybridized carbons (Fsp3) is 0.537. The molecule has 312 valence electrons. The number of cyclic esters (lactones) is 1. The van der Waals surface area contributed by atoms with Gasteiger partial charge in [0.15, 0.2) is 17.1 Å². The van der Waals surface area contributed by atoms with Crippen LogP contribution in [0.5, 0.6) is 11.5 Å². The number of ether oxygens (including phenoxy) is 3. The van der Waals surface area contributed by atoms with E-state index in [4.69, 9.17) is 24.9 Å². The number of carbonyl (C=O) groups excluding carboxylic acids is 5. The molecule has 4 amide bonds. The average Bonchev–Trinajstić information content (AvgIpc) is 3.82. The minimum absolute atomic E-state index is 0.00623. The molecule has 0 saturated heterocycles. The van der Waals surface area contributed by atoms with E-state index in [2.05, 4.69) is 21.3 Å². The standard InChI is InChI=1S/C41H53N7O10/c1-5-7-8-12-33(49)47-35(22(3)4)38(52)46-28(11-9-10-13-42)37(51)44-18-34(50)43-17-24-23-14-31-32(58-21-57-31)16-29(23)45-36-25(24)19-48-30(36)15-27-26(39(48)53)20-56-40(54)41(27,55)6-2/h14-16,22,28,35,55H,5-13,17-21,42H2,1-4H3,(H,43,50)(H,44,51)(H,46,52)(H,47,49)/t28-,35?,41-/m0/s1. The molecule has 7 N–H and O–H groups in total. The van der Waals surface area contributed by atoms with Crippen molar-refractivity contribution < 1.29 is 43.3 Å². The van der Waals surface area contributed by atoms with Crippen molar-refractivity contribution in [2.75, 3.05) is 19.9 Å². The van der Waals surface area contributed by atoms with Crippen LogP contribution in [-0.4, -0.2) is 76.2 Å². The maximum Gasteiger partial charge on any atom is 0.343 e. The van der Waals surface area contributed by atoms with Gasteiger partial charge in [0.1, 0.15) is 18.7 Å². The molecule has 0 fully saturated rings. The molecule has 2 aromatic heterocycles. The number of benzene rings is 1. The average molecular weight is 804 g/mol. The molecule has 3 aliphatic rings. The maximum absolute atomic E-state index is 13.9. The Morgan fingerprint density at radius 1 is 0.931 bits per heavy atom. The van der Waals surface area contributed by atoms with Crippen molar-refractivity contribution in [2.24, 2.45) is 11.7 Å². The van der Waals surface area contributed by atoms with E-state index in [1.54, 1.807) is 25.1 Å². The normalized spacial score (nSPS) is 17.2. The summed E-state index contributed by atoms with van der Waals surface area (Å²) in [6, 6.07) is 3.27. The third-order valence-electron chi connectivity index (χ3n) is 11.0. The Kier molecular flexibility index (Phi) is 13.0. The van der Waals surface area contributed by atoms with Crippen LogP contribution in [0.1, 0.15) is 101 Å². The van der Waals surface area contributed by atoms with Crippen molar-refractivity contribution in [3.63, 3.8) is 0 Å². The van der Waals surface area contributed by atoms with Crippen molar-refractivity contribution in [1.82, 2.24) is 30.8 Å². The fourth-order valence-electron chi connectivity index (χ4n) is 7.63. The second-order valence-electron chi connectivity index (χ2n) is 15.3. The second-order valence-corrected chi connectivity index (χ2v) is 15.3. The highest BCUT2D eigenvalue weighted by molar-refractivity contribution is 5.94. The van der Waals surface area contributed by atoms with E-state index in [9.17, 15) is 33.9 Å². The molecule has 0 spiro atoms. The molecule has 6 rings (SSSR count). The summed E-state index contributed by atoms with van der Waals surface area (Å²) in [5, 5.41) is 23.1. The predicted octanol–water partition coefficient (Wildman–Crippen LogP) is 1.88. The highest BCUT2D eigenvalue weighted by Crippen LogP contribution is 2.43. The van der Waals surface area contributed by atoms with Gasteiger partial charge in [-0.05, 0) is 62.3 Å². The van der Waals surface area contributed by atoms with Crippen LogP contribution < -0.4 is 42.0 Å². The molecular formula is C41H53N7O10. The van der Waals surface area contributed by atoms with E-state index in [-0.39, 0.29) is 62.3 Å². The van der Waals surface area contributed by atoms with E-state index >= 15 is 0 Å². The number of amides is 4.